The van der Waals surface area contributed by atoms with Gasteiger partial charge < -0.3 is 4.90 Å². The molecule has 0 radical (unpaired) electrons. The van der Waals surface area contributed by atoms with Gasteiger partial charge in [-0.3, -0.25) is 4.79 Å². The van der Waals surface area contributed by atoms with Crippen molar-refractivity contribution in [2.75, 3.05) is 6.54 Å². The summed E-state index contributed by atoms with van der Waals surface area (Å²) < 4.78 is 0. The van der Waals surface area contributed by atoms with Crippen molar-refractivity contribution in [2.24, 2.45) is 0 Å². The predicted octanol–water partition coefficient (Wildman–Crippen LogP) is 4.42. The molecule has 0 atom stereocenters. The lowest BCUT2D eigenvalue weighted by Crippen LogP contribution is -2.35. The highest BCUT2D eigenvalue weighted by Crippen LogP contribution is 2.29. The highest BCUT2D eigenvalue weighted by atomic mass is 16.2. The Morgan fingerprint density at radius 1 is 0.905 bits per heavy atom. The summed E-state index contributed by atoms with van der Waals surface area (Å²) in [7, 11) is 0. The van der Waals surface area contributed by atoms with Gasteiger partial charge in [-0.05, 0) is 24.5 Å². The SMILES string of the molecule is CCCC(=O)N(CC)C(c1ccccc1)c1ccccc1. The molecule has 2 aromatic rings. The highest BCUT2D eigenvalue weighted by Gasteiger charge is 2.24. The van der Waals surface area contributed by atoms with Crippen LogP contribution in [0.2, 0.25) is 0 Å². The van der Waals surface area contributed by atoms with Gasteiger partial charge in [0.25, 0.3) is 0 Å². The van der Waals surface area contributed by atoms with Crippen LogP contribution in [0.15, 0.2) is 60.7 Å². The fourth-order valence-electron chi connectivity index (χ4n) is 2.68. The van der Waals surface area contributed by atoms with Crippen LogP contribution < -0.4 is 0 Å². The van der Waals surface area contributed by atoms with E-state index in [9.17, 15) is 4.79 Å². The van der Waals surface area contributed by atoms with Crippen molar-refractivity contribution >= 4 is 5.91 Å². The first kappa shape index (κ1) is 15.3. The number of benzene rings is 2. The zero-order valence-corrected chi connectivity index (χ0v) is 12.8. The molecule has 0 saturated carbocycles. The summed E-state index contributed by atoms with van der Waals surface area (Å²) in [6.07, 6.45) is 1.48. The van der Waals surface area contributed by atoms with E-state index in [2.05, 4.69) is 24.3 Å². The number of carbonyl (C=O) groups excluding carboxylic acids is 1. The molecule has 0 bridgehead atoms. The summed E-state index contributed by atoms with van der Waals surface area (Å²) in [5.74, 6) is 0.220. The van der Waals surface area contributed by atoms with Crippen molar-refractivity contribution < 1.29 is 4.79 Å². The van der Waals surface area contributed by atoms with Crippen LogP contribution in [0.25, 0.3) is 0 Å². The lowest BCUT2D eigenvalue weighted by molar-refractivity contribution is -0.132. The minimum Gasteiger partial charge on any atom is -0.332 e. The average Bonchev–Trinajstić information content (AvgIpc) is 2.54. The fraction of sp³-hybridized carbons (Fsp3) is 0.316. The van der Waals surface area contributed by atoms with Gasteiger partial charge in [-0.25, -0.2) is 0 Å². The van der Waals surface area contributed by atoms with Gasteiger partial charge in [0.05, 0.1) is 6.04 Å². The number of hydrogen-bond acceptors (Lipinski definition) is 1. The fourth-order valence-corrected chi connectivity index (χ4v) is 2.68. The van der Waals surface area contributed by atoms with Crippen molar-refractivity contribution in [3.63, 3.8) is 0 Å². The Hall–Kier alpha value is -2.09. The van der Waals surface area contributed by atoms with E-state index in [-0.39, 0.29) is 11.9 Å². The van der Waals surface area contributed by atoms with Crippen molar-refractivity contribution in [3.05, 3.63) is 71.8 Å². The molecule has 0 aliphatic heterocycles. The molecule has 0 saturated heterocycles. The molecule has 2 nitrogen and oxygen atoms in total. The molecule has 2 heteroatoms. The quantitative estimate of drug-likeness (QED) is 0.767. The first-order chi connectivity index (χ1) is 10.3. The Morgan fingerprint density at radius 3 is 1.76 bits per heavy atom. The molecular formula is C19H23NO. The Balaban J connectivity index is 2.43. The monoisotopic (exact) mass is 281 g/mol. The van der Waals surface area contributed by atoms with E-state index in [0.717, 1.165) is 17.5 Å². The summed E-state index contributed by atoms with van der Waals surface area (Å²) in [5.41, 5.74) is 2.32. The van der Waals surface area contributed by atoms with E-state index < -0.39 is 0 Å². The van der Waals surface area contributed by atoms with E-state index >= 15 is 0 Å². The zero-order chi connectivity index (χ0) is 15.1. The second kappa shape index (κ2) is 7.63. The third-order valence-corrected chi connectivity index (χ3v) is 3.67. The standard InChI is InChI=1S/C19H23NO/c1-3-11-18(21)20(4-2)19(16-12-7-5-8-13-16)17-14-9-6-10-15-17/h5-10,12-15,19H,3-4,11H2,1-2H3. The van der Waals surface area contributed by atoms with Gasteiger partial charge >= 0.3 is 0 Å². The molecular weight excluding hydrogens is 258 g/mol. The third kappa shape index (κ3) is 3.72. The van der Waals surface area contributed by atoms with E-state index in [4.69, 9.17) is 0 Å². The maximum Gasteiger partial charge on any atom is 0.223 e. The smallest absolute Gasteiger partial charge is 0.223 e. The Kier molecular flexibility index (Phi) is 5.56. The van der Waals surface area contributed by atoms with E-state index in [1.54, 1.807) is 0 Å². The van der Waals surface area contributed by atoms with Crippen molar-refractivity contribution in [2.45, 2.75) is 32.7 Å². The molecule has 21 heavy (non-hydrogen) atoms. The molecule has 110 valence electrons. The topological polar surface area (TPSA) is 20.3 Å². The van der Waals surface area contributed by atoms with E-state index in [1.807, 2.05) is 55.1 Å². The van der Waals surface area contributed by atoms with Gasteiger partial charge in [0.15, 0.2) is 0 Å². The van der Waals surface area contributed by atoms with Crippen molar-refractivity contribution in [1.82, 2.24) is 4.90 Å². The van der Waals surface area contributed by atoms with Crippen molar-refractivity contribution in [3.8, 4) is 0 Å². The number of amides is 1. The molecule has 0 unspecified atom stereocenters. The molecule has 0 fully saturated rings. The number of nitrogens with zero attached hydrogens (tertiary/aromatic N) is 1. The number of hydrogen-bond donors (Lipinski definition) is 0. The van der Waals surface area contributed by atoms with Crippen LogP contribution in [0, 0.1) is 0 Å². The van der Waals surface area contributed by atoms with Gasteiger partial charge in [-0.2, -0.15) is 0 Å². The normalized spacial score (nSPS) is 10.6. The van der Waals surface area contributed by atoms with Crippen LogP contribution in [0.4, 0.5) is 0 Å². The Bertz CT molecular complexity index is 511. The second-order valence-electron chi connectivity index (χ2n) is 5.15. The number of rotatable bonds is 6. The Labute approximate surface area is 127 Å². The van der Waals surface area contributed by atoms with Gasteiger partial charge in [0, 0.05) is 13.0 Å². The summed E-state index contributed by atoms with van der Waals surface area (Å²) in [5, 5.41) is 0. The second-order valence-corrected chi connectivity index (χ2v) is 5.15. The molecule has 1 amide bonds. The molecule has 0 aliphatic carbocycles. The maximum atomic E-state index is 12.5. The predicted molar refractivity (Wildman–Crippen MR) is 87.0 cm³/mol. The third-order valence-electron chi connectivity index (χ3n) is 3.67. The van der Waals surface area contributed by atoms with Crippen LogP contribution >= 0.6 is 0 Å². The average molecular weight is 281 g/mol. The molecule has 2 aromatic carbocycles. The van der Waals surface area contributed by atoms with Crippen LogP contribution in [0.3, 0.4) is 0 Å². The van der Waals surface area contributed by atoms with Gasteiger partial charge in [-0.1, -0.05) is 67.6 Å². The summed E-state index contributed by atoms with van der Waals surface area (Å²) >= 11 is 0. The van der Waals surface area contributed by atoms with Gasteiger partial charge in [0.2, 0.25) is 5.91 Å². The first-order valence-electron chi connectivity index (χ1n) is 7.67. The highest BCUT2D eigenvalue weighted by molar-refractivity contribution is 5.77. The van der Waals surface area contributed by atoms with Crippen LogP contribution in [0.5, 0.6) is 0 Å². The molecule has 0 aromatic heterocycles. The maximum absolute atomic E-state index is 12.5. The van der Waals surface area contributed by atoms with Gasteiger partial charge in [-0.15, -0.1) is 0 Å². The van der Waals surface area contributed by atoms with Crippen molar-refractivity contribution in [1.29, 1.82) is 0 Å². The largest absolute Gasteiger partial charge is 0.332 e. The minimum atomic E-state index is -0.00329. The lowest BCUT2D eigenvalue weighted by atomic mass is 9.96. The van der Waals surface area contributed by atoms with E-state index in [0.29, 0.717) is 13.0 Å². The molecule has 0 aliphatic rings. The van der Waals surface area contributed by atoms with Gasteiger partial charge in [0.1, 0.15) is 0 Å². The molecule has 0 spiro atoms. The minimum absolute atomic E-state index is 0.00329. The lowest BCUT2D eigenvalue weighted by Gasteiger charge is -2.32. The molecule has 2 rings (SSSR count). The summed E-state index contributed by atoms with van der Waals surface area (Å²) in [6.45, 7) is 4.81. The van der Waals surface area contributed by atoms with E-state index in [1.165, 1.54) is 0 Å². The van der Waals surface area contributed by atoms with Crippen LogP contribution in [0.1, 0.15) is 43.9 Å². The molecule has 0 heterocycles. The van der Waals surface area contributed by atoms with Crippen LogP contribution in [-0.4, -0.2) is 17.4 Å². The Morgan fingerprint density at radius 2 is 1.38 bits per heavy atom. The first-order valence-corrected chi connectivity index (χ1v) is 7.67. The zero-order valence-electron chi connectivity index (χ0n) is 12.8. The van der Waals surface area contributed by atoms with Crippen LogP contribution in [-0.2, 0) is 4.79 Å². The molecule has 0 N–H and O–H groups in total. The summed E-state index contributed by atoms with van der Waals surface area (Å²) in [4.78, 5) is 14.5. The summed E-state index contributed by atoms with van der Waals surface area (Å²) in [6, 6.07) is 20.5. The number of carbonyl (C=O) groups is 1.